The van der Waals surface area contributed by atoms with Gasteiger partial charge in [0.25, 0.3) is 10.0 Å². The van der Waals surface area contributed by atoms with Crippen LogP contribution in [0.2, 0.25) is 0 Å². The first kappa shape index (κ1) is 17.1. The molecular formula is C14H12F3NO4S. The van der Waals surface area contributed by atoms with E-state index in [4.69, 9.17) is 5.11 Å². The van der Waals surface area contributed by atoms with Gasteiger partial charge in [0.1, 0.15) is 5.75 Å². The van der Waals surface area contributed by atoms with Crippen molar-refractivity contribution in [3.63, 3.8) is 0 Å². The van der Waals surface area contributed by atoms with Crippen molar-refractivity contribution >= 4 is 15.7 Å². The zero-order valence-corrected chi connectivity index (χ0v) is 12.4. The van der Waals surface area contributed by atoms with Crippen LogP contribution in [-0.2, 0) is 16.6 Å². The molecule has 124 valence electrons. The maximum Gasteiger partial charge on any atom is 0.573 e. The second-order valence-electron chi connectivity index (χ2n) is 4.48. The van der Waals surface area contributed by atoms with Crippen molar-refractivity contribution in [3.05, 3.63) is 54.1 Å². The number of aliphatic hydroxyl groups is 1. The third kappa shape index (κ3) is 4.86. The third-order valence-electron chi connectivity index (χ3n) is 2.73. The van der Waals surface area contributed by atoms with Crippen molar-refractivity contribution in [2.45, 2.75) is 17.9 Å². The van der Waals surface area contributed by atoms with Crippen molar-refractivity contribution in [2.75, 3.05) is 4.72 Å². The highest BCUT2D eigenvalue weighted by molar-refractivity contribution is 7.92. The normalized spacial score (nSPS) is 12.0. The molecule has 0 saturated carbocycles. The zero-order chi connectivity index (χ0) is 17.1. The molecule has 23 heavy (non-hydrogen) atoms. The lowest BCUT2D eigenvalue weighted by molar-refractivity contribution is -0.274. The molecule has 0 atom stereocenters. The molecule has 9 heteroatoms. The summed E-state index contributed by atoms with van der Waals surface area (Å²) in [5.41, 5.74) is 0.742. The van der Waals surface area contributed by atoms with Crippen LogP contribution in [0, 0.1) is 0 Å². The highest BCUT2D eigenvalue weighted by Gasteiger charge is 2.31. The van der Waals surface area contributed by atoms with Crippen molar-refractivity contribution in [2.24, 2.45) is 0 Å². The first-order valence-electron chi connectivity index (χ1n) is 6.28. The summed E-state index contributed by atoms with van der Waals surface area (Å²) < 4.78 is 66.5. The Morgan fingerprint density at radius 2 is 1.74 bits per heavy atom. The lowest BCUT2D eigenvalue weighted by Crippen LogP contribution is -2.17. The van der Waals surface area contributed by atoms with Gasteiger partial charge in [-0.3, -0.25) is 4.72 Å². The van der Waals surface area contributed by atoms with Crippen molar-refractivity contribution in [1.29, 1.82) is 0 Å². The molecule has 0 aliphatic carbocycles. The van der Waals surface area contributed by atoms with E-state index in [1.165, 1.54) is 12.1 Å². The standard InChI is InChI=1S/C14H12F3NO4S/c15-14(16,17)22-12-4-6-13(7-5-12)23(20,21)18-11-3-1-2-10(8-11)9-19/h1-8,18-19H,9H2. The molecule has 0 aliphatic rings. The van der Waals surface area contributed by atoms with Crippen LogP contribution in [0.3, 0.4) is 0 Å². The second kappa shape index (κ2) is 6.47. The summed E-state index contributed by atoms with van der Waals surface area (Å²) in [6, 6.07) is 9.91. The van der Waals surface area contributed by atoms with E-state index in [1.807, 2.05) is 0 Å². The number of hydrogen-bond acceptors (Lipinski definition) is 4. The average molecular weight is 347 g/mol. The van der Waals surface area contributed by atoms with Gasteiger partial charge < -0.3 is 9.84 Å². The molecular weight excluding hydrogens is 335 g/mol. The fraction of sp³-hybridized carbons (Fsp3) is 0.143. The molecule has 2 N–H and O–H groups in total. The number of nitrogens with one attached hydrogen (secondary N) is 1. The van der Waals surface area contributed by atoms with Crippen molar-refractivity contribution in [1.82, 2.24) is 0 Å². The average Bonchev–Trinajstić information content (AvgIpc) is 2.46. The molecule has 0 spiro atoms. The lowest BCUT2D eigenvalue weighted by atomic mass is 10.2. The number of benzene rings is 2. The van der Waals surface area contributed by atoms with Crippen LogP contribution in [0.1, 0.15) is 5.56 Å². The van der Waals surface area contributed by atoms with Crippen LogP contribution in [0.5, 0.6) is 5.75 Å². The SMILES string of the molecule is O=S(=O)(Nc1cccc(CO)c1)c1ccc(OC(F)(F)F)cc1. The van der Waals surface area contributed by atoms with Gasteiger partial charge in [-0.05, 0) is 42.0 Å². The highest BCUT2D eigenvalue weighted by atomic mass is 32.2. The fourth-order valence-corrected chi connectivity index (χ4v) is 2.82. The number of rotatable bonds is 5. The number of sulfonamides is 1. The third-order valence-corrected chi connectivity index (χ3v) is 4.13. The largest absolute Gasteiger partial charge is 0.573 e. The minimum Gasteiger partial charge on any atom is -0.406 e. The van der Waals surface area contributed by atoms with Gasteiger partial charge in [0.15, 0.2) is 0 Å². The summed E-state index contributed by atoms with van der Waals surface area (Å²) in [6.07, 6.45) is -4.84. The van der Waals surface area contributed by atoms with Gasteiger partial charge in [-0.1, -0.05) is 12.1 Å². The van der Waals surface area contributed by atoms with E-state index in [-0.39, 0.29) is 17.2 Å². The Morgan fingerprint density at radius 3 is 2.30 bits per heavy atom. The van der Waals surface area contributed by atoms with Crippen LogP contribution in [-0.4, -0.2) is 19.9 Å². The van der Waals surface area contributed by atoms with Crippen LogP contribution in [0.15, 0.2) is 53.4 Å². The van der Waals surface area contributed by atoms with E-state index >= 15 is 0 Å². The summed E-state index contributed by atoms with van der Waals surface area (Å²) in [6.45, 7) is -0.251. The molecule has 2 aromatic carbocycles. The maximum absolute atomic E-state index is 12.2. The molecule has 2 aromatic rings. The maximum atomic E-state index is 12.2. The van der Waals surface area contributed by atoms with E-state index in [0.29, 0.717) is 5.56 Å². The lowest BCUT2D eigenvalue weighted by Gasteiger charge is -2.11. The molecule has 5 nitrogen and oxygen atoms in total. The zero-order valence-electron chi connectivity index (χ0n) is 11.5. The molecule has 0 saturated heterocycles. The Morgan fingerprint density at radius 1 is 1.09 bits per heavy atom. The second-order valence-corrected chi connectivity index (χ2v) is 6.17. The quantitative estimate of drug-likeness (QED) is 0.872. The molecule has 0 bridgehead atoms. The first-order valence-corrected chi connectivity index (χ1v) is 7.76. The number of ether oxygens (including phenoxy) is 1. The van der Waals surface area contributed by atoms with E-state index in [1.54, 1.807) is 12.1 Å². The summed E-state index contributed by atoms with van der Waals surface area (Å²) in [7, 11) is -3.97. The highest BCUT2D eigenvalue weighted by Crippen LogP contribution is 2.24. The number of halogens is 3. The monoisotopic (exact) mass is 347 g/mol. The van der Waals surface area contributed by atoms with Gasteiger partial charge in [-0.2, -0.15) is 0 Å². The van der Waals surface area contributed by atoms with E-state index in [2.05, 4.69) is 9.46 Å². The van der Waals surface area contributed by atoms with Gasteiger partial charge in [0.2, 0.25) is 0 Å². The van der Waals surface area contributed by atoms with Gasteiger partial charge in [0, 0.05) is 5.69 Å². The predicted molar refractivity (Wildman–Crippen MR) is 76.3 cm³/mol. The molecule has 0 aromatic heterocycles. The van der Waals surface area contributed by atoms with Crippen LogP contribution < -0.4 is 9.46 Å². The van der Waals surface area contributed by atoms with Gasteiger partial charge >= 0.3 is 6.36 Å². The van der Waals surface area contributed by atoms with E-state index < -0.39 is 22.1 Å². The Balaban J connectivity index is 2.19. The van der Waals surface area contributed by atoms with Crippen LogP contribution >= 0.6 is 0 Å². The molecule has 2 rings (SSSR count). The van der Waals surface area contributed by atoms with E-state index in [0.717, 1.165) is 24.3 Å². The minimum absolute atomic E-state index is 0.221. The number of aliphatic hydroxyl groups excluding tert-OH is 1. The summed E-state index contributed by atoms with van der Waals surface area (Å²) >= 11 is 0. The molecule has 0 fully saturated rings. The molecule has 0 heterocycles. The summed E-state index contributed by atoms with van der Waals surface area (Å²) in [4.78, 5) is -0.221. The van der Waals surface area contributed by atoms with Gasteiger partial charge in [-0.25, -0.2) is 8.42 Å². The van der Waals surface area contributed by atoms with Gasteiger partial charge in [0.05, 0.1) is 11.5 Å². The molecule has 0 unspecified atom stereocenters. The fourth-order valence-electron chi connectivity index (χ4n) is 1.77. The Labute approximate surface area is 130 Å². The Kier molecular flexibility index (Phi) is 4.81. The molecule has 0 amide bonds. The smallest absolute Gasteiger partial charge is 0.406 e. The van der Waals surface area contributed by atoms with Crippen molar-refractivity contribution < 1.29 is 31.4 Å². The summed E-state index contributed by atoms with van der Waals surface area (Å²) in [5.74, 6) is -0.515. The summed E-state index contributed by atoms with van der Waals surface area (Å²) in [5, 5.41) is 9.02. The Bertz CT molecular complexity index is 773. The first-order chi connectivity index (χ1) is 10.7. The van der Waals surface area contributed by atoms with Crippen LogP contribution in [0.25, 0.3) is 0 Å². The van der Waals surface area contributed by atoms with Gasteiger partial charge in [-0.15, -0.1) is 13.2 Å². The minimum atomic E-state index is -4.84. The van der Waals surface area contributed by atoms with E-state index in [9.17, 15) is 21.6 Å². The van der Waals surface area contributed by atoms with Crippen molar-refractivity contribution in [3.8, 4) is 5.75 Å². The number of anilines is 1. The topological polar surface area (TPSA) is 75.6 Å². The molecule has 0 aliphatic heterocycles. The number of alkyl halides is 3. The molecule has 0 radical (unpaired) electrons. The Hall–Kier alpha value is -2.26. The number of hydrogen-bond donors (Lipinski definition) is 2. The predicted octanol–water partition coefficient (Wildman–Crippen LogP) is 2.88. The van der Waals surface area contributed by atoms with Crippen LogP contribution in [0.4, 0.5) is 18.9 Å².